The fourth-order valence-corrected chi connectivity index (χ4v) is 3.78. The Balaban J connectivity index is 1.66. The molecule has 5 heteroatoms. The van der Waals surface area contributed by atoms with Gasteiger partial charge >= 0.3 is 0 Å². The van der Waals surface area contributed by atoms with Gasteiger partial charge in [0.1, 0.15) is 13.1 Å². The zero-order chi connectivity index (χ0) is 16.4. The van der Waals surface area contributed by atoms with E-state index in [1.54, 1.807) is 16.2 Å². The van der Waals surface area contributed by atoms with E-state index in [9.17, 15) is 4.79 Å². The minimum atomic E-state index is -0.392. The number of carbonyl (C=O) groups excluding carboxylic acids is 1. The van der Waals surface area contributed by atoms with Gasteiger partial charge in [-0.05, 0) is 0 Å². The quantitative estimate of drug-likeness (QED) is 0.907. The maximum atomic E-state index is 12.1. The molecule has 2 heterocycles. The molecule has 1 aromatic carbocycles. The summed E-state index contributed by atoms with van der Waals surface area (Å²) >= 11 is 1.63. The molecule has 1 amide bonds. The number of amides is 1. The van der Waals surface area contributed by atoms with Crippen LogP contribution in [0.3, 0.4) is 0 Å². The van der Waals surface area contributed by atoms with Gasteiger partial charge in [0.15, 0.2) is 5.13 Å². The predicted octanol–water partition coefficient (Wildman–Crippen LogP) is 2.27. The number of hydrogen-bond donors (Lipinski definition) is 2. The Hall–Kier alpha value is -1.72. The number of aromatic nitrogens is 1. The summed E-state index contributed by atoms with van der Waals surface area (Å²) in [6, 6.07) is 10.6. The van der Waals surface area contributed by atoms with E-state index in [0.29, 0.717) is 0 Å². The van der Waals surface area contributed by atoms with Crippen LogP contribution in [0.15, 0.2) is 30.3 Å². The lowest BCUT2D eigenvalue weighted by Crippen LogP contribution is -3.10. The highest BCUT2D eigenvalue weighted by molar-refractivity contribution is 7.15. The monoisotopic (exact) mass is 330 g/mol. The SMILES string of the molecule is CC(C)(C)C(=O)Nc1nc2c(s1)C[NH+](Cc1ccccc1)CC2. The van der Waals surface area contributed by atoms with Gasteiger partial charge < -0.3 is 10.2 Å². The molecule has 23 heavy (non-hydrogen) atoms. The Morgan fingerprint density at radius 3 is 2.74 bits per heavy atom. The highest BCUT2D eigenvalue weighted by atomic mass is 32.1. The van der Waals surface area contributed by atoms with Crippen molar-refractivity contribution in [1.82, 2.24) is 4.98 Å². The molecular weight excluding hydrogens is 306 g/mol. The van der Waals surface area contributed by atoms with Crippen LogP contribution in [0.2, 0.25) is 0 Å². The van der Waals surface area contributed by atoms with Crippen molar-refractivity contribution in [2.24, 2.45) is 5.41 Å². The molecule has 4 nitrogen and oxygen atoms in total. The first-order chi connectivity index (χ1) is 10.9. The van der Waals surface area contributed by atoms with E-state index in [2.05, 4.69) is 40.6 Å². The van der Waals surface area contributed by atoms with Crippen molar-refractivity contribution in [3.63, 3.8) is 0 Å². The Bertz CT molecular complexity index is 688. The van der Waals surface area contributed by atoms with E-state index in [1.165, 1.54) is 10.4 Å². The van der Waals surface area contributed by atoms with E-state index in [1.807, 2.05) is 20.8 Å². The molecule has 1 aliphatic rings. The molecule has 0 saturated heterocycles. The van der Waals surface area contributed by atoms with Crippen LogP contribution in [-0.4, -0.2) is 17.4 Å². The van der Waals surface area contributed by atoms with Crippen molar-refractivity contribution in [3.8, 4) is 0 Å². The molecule has 122 valence electrons. The smallest absolute Gasteiger partial charge is 0.231 e. The van der Waals surface area contributed by atoms with E-state index in [4.69, 9.17) is 0 Å². The lowest BCUT2D eigenvalue weighted by molar-refractivity contribution is -0.929. The van der Waals surface area contributed by atoms with Crippen LogP contribution in [0.25, 0.3) is 0 Å². The molecule has 2 aromatic rings. The molecule has 1 atom stereocenters. The summed E-state index contributed by atoms with van der Waals surface area (Å²) in [5.74, 6) is 0.0251. The number of benzene rings is 1. The fraction of sp³-hybridized carbons (Fsp3) is 0.444. The van der Waals surface area contributed by atoms with Gasteiger partial charge in [0, 0.05) is 17.4 Å². The number of nitrogens with zero attached hydrogens (tertiary/aromatic N) is 1. The third-order valence-electron chi connectivity index (χ3n) is 4.10. The zero-order valence-electron chi connectivity index (χ0n) is 14.0. The van der Waals surface area contributed by atoms with Crippen LogP contribution >= 0.6 is 11.3 Å². The molecule has 3 rings (SSSR count). The third kappa shape index (κ3) is 3.98. The van der Waals surface area contributed by atoms with Gasteiger partial charge in [-0.3, -0.25) is 4.79 Å². The Morgan fingerprint density at radius 1 is 1.30 bits per heavy atom. The van der Waals surface area contributed by atoms with Crippen molar-refractivity contribution in [2.45, 2.75) is 40.3 Å². The van der Waals surface area contributed by atoms with Gasteiger partial charge in [0.25, 0.3) is 0 Å². The minimum Gasteiger partial charge on any atom is -0.326 e. The second-order valence-corrected chi connectivity index (χ2v) is 8.27. The van der Waals surface area contributed by atoms with Crippen LogP contribution in [0, 0.1) is 5.41 Å². The van der Waals surface area contributed by atoms with E-state index in [-0.39, 0.29) is 5.91 Å². The summed E-state index contributed by atoms with van der Waals surface area (Å²) in [6.07, 6.45) is 0.986. The normalized spacial score (nSPS) is 17.6. The van der Waals surface area contributed by atoms with Gasteiger partial charge in [-0.1, -0.05) is 62.4 Å². The van der Waals surface area contributed by atoms with Crippen LogP contribution < -0.4 is 10.2 Å². The summed E-state index contributed by atoms with van der Waals surface area (Å²) in [5.41, 5.74) is 2.14. The largest absolute Gasteiger partial charge is 0.326 e. The maximum absolute atomic E-state index is 12.1. The number of thiazole rings is 1. The zero-order valence-corrected chi connectivity index (χ0v) is 14.8. The second-order valence-electron chi connectivity index (χ2n) is 7.18. The van der Waals surface area contributed by atoms with Crippen LogP contribution in [-0.2, 0) is 24.3 Å². The molecule has 1 unspecified atom stereocenters. The van der Waals surface area contributed by atoms with Gasteiger partial charge in [-0.25, -0.2) is 4.98 Å². The van der Waals surface area contributed by atoms with Crippen molar-refractivity contribution >= 4 is 22.4 Å². The number of carbonyl (C=O) groups is 1. The average Bonchev–Trinajstić information content (AvgIpc) is 2.89. The Morgan fingerprint density at radius 2 is 2.04 bits per heavy atom. The van der Waals surface area contributed by atoms with Gasteiger partial charge in [0.05, 0.1) is 17.1 Å². The average molecular weight is 330 g/mol. The molecule has 2 N–H and O–H groups in total. The van der Waals surface area contributed by atoms with Crippen molar-refractivity contribution in [3.05, 3.63) is 46.5 Å². The third-order valence-corrected chi connectivity index (χ3v) is 5.12. The Kier molecular flexibility index (Phi) is 4.50. The summed E-state index contributed by atoms with van der Waals surface area (Å²) in [7, 11) is 0. The first-order valence-electron chi connectivity index (χ1n) is 8.09. The number of fused-ring (bicyclic) bond motifs is 1. The second kappa shape index (κ2) is 6.42. The molecule has 0 saturated carbocycles. The minimum absolute atomic E-state index is 0.0251. The molecule has 0 fully saturated rings. The number of quaternary nitrogens is 1. The van der Waals surface area contributed by atoms with Crippen molar-refractivity contribution < 1.29 is 9.69 Å². The predicted molar refractivity (Wildman–Crippen MR) is 93.6 cm³/mol. The standard InChI is InChI=1S/C18H23N3OS/c1-18(2,3)16(22)20-17-19-14-9-10-21(12-15(14)23-17)11-13-7-5-4-6-8-13/h4-8H,9-12H2,1-3H3,(H,19,20,22)/p+1. The van der Waals surface area contributed by atoms with E-state index < -0.39 is 5.41 Å². The fourth-order valence-electron chi connectivity index (χ4n) is 2.70. The van der Waals surface area contributed by atoms with Crippen LogP contribution in [0.1, 0.15) is 36.9 Å². The van der Waals surface area contributed by atoms with Crippen LogP contribution in [0.5, 0.6) is 0 Å². The molecular formula is C18H24N3OS+. The molecule has 0 aliphatic carbocycles. The first-order valence-corrected chi connectivity index (χ1v) is 8.91. The van der Waals surface area contributed by atoms with Crippen molar-refractivity contribution in [2.75, 3.05) is 11.9 Å². The topological polar surface area (TPSA) is 46.4 Å². The highest BCUT2D eigenvalue weighted by Gasteiger charge is 2.26. The highest BCUT2D eigenvalue weighted by Crippen LogP contribution is 2.26. The number of anilines is 1. The molecule has 0 bridgehead atoms. The summed E-state index contributed by atoms with van der Waals surface area (Å²) < 4.78 is 0. The summed E-state index contributed by atoms with van der Waals surface area (Å²) in [5, 5.41) is 3.71. The molecule has 0 radical (unpaired) electrons. The molecule has 1 aliphatic heterocycles. The van der Waals surface area contributed by atoms with Gasteiger partial charge in [-0.2, -0.15) is 0 Å². The van der Waals surface area contributed by atoms with Gasteiger partial charge in [-0.15, -0.1) is 0 Å². The van der Waals surface area contributed by atoms with E-state index in [0.717, 1.165) is 36.9 Å². The lowest BCUT2D eigenvalue weighted by Gasteiger charge is -2.22. The van der Waals surface area contributed by atoms with E-state index >= 15 is 0 Å². The van der Waals surface area contributed by atoms with Crippen molar-refractivity contribution in [1.29, 1.82) is 0 Å². The first kappa shape index (κ1) is 16.1. The van der Waals surface area contributed by atoms with Gasteiger partial charge in [0.2, 0.25) is 5.91 Å². The lowest BCUT2D eigenvalue weighted by atomic mass is 9.96. The maximum Gasteiger partial charge on any atom is 0.231 e. The summed E-state index contributed by atoms with van der Waals surface area (Å²) in [4.78, 5) is 19.6. The van der Waals surface area contributed by atoms with Crippen LogP contribution in [0.4, 0.5) is 5.13 Å². The molecule has 0 spiro atoms. The summed E-state index contributed by atoms with van der Waals surface area (Å²) in [6.45, 7) is 8.89. The number of rotatable bonds is 3. The Labute approximate surface area is 141 Å². The molecule has 1 aromatic heterocycles. The number of nitrogens with one attached hydrogen (secondary N) is 2. The number of hydrogen-bond acceptors (Lipinski definition) is 3.